The van der Waals surface area contributed by atoms with Crippen LogP contribution in [0.5, 0.6) is 5.75 Å². The monoisotopic (exact) mass is 292 g/mol. The van der Waals surface area contributed by atoms with Gasteiger partial charge in [-0.05, 0) is 31.0 Å². The summed E-state index contributed by atoms with van der Waals surface area (Å²) in [7, 11) is 0. The average molecular weight is 292 g/mol. The normalized spacial score (nSPS) is 16.9. The van der Waals surface area contributed by atoms with Crippen molar-refractivity contribution in [2.45, 2.75) is 26.4 Å². The molecule has 2 rings (SSSR count). The van der Waals surface area contributed by atoms with Gasteiger partial charge in [0.2, 0.25) is 0 Å². The Kier molecular flexibility index (Phi) is 4.67. The number of carboxylic acid groups (broad SMARTS) is 1. The first-order chi connectivity index (χ1) is 10.0. The maximum atomic E-state index is 12.1. The number of hydrogen-bond donors (Lipinski definition) is 2. The molecule has 1 amide bonds. The molecule has 0 aromatic heterocycles. The largest absolute Gasteiger partial charge is 0.480 e. The molecule has 114 valence electrons. The molecular weight excluding hydrogens is 272 g/mol. The van der Waals surface area contributed by atoms with E-state index in [1.54, 1.807) is 11.0 Å². The number of carboxylic acids is 1. The van der Waals surface area contributed by atoms with E-state index in [4.69, 9.17) is 9.84 Å². The molecule has 1 atom stereocenters. The van der Waals surface area contributed by atoms with Crippen LogP contribution in [0.1, 0.15) is 18.9 Å². The molecule has 6 heteroatoms. The highest BCUT2D eigenvalue weighted by molar-refractivity contribution is 5.84. The van der Waals surface area contributed by atoms with Gasteiger partial charge in [-0.3, -0.25) is 9.59 Å². The number of amides is 1. The maximum absolute atomic E-state index is 12.1. The number of nitrogens with one attached hydrogen (secondary N) is 1. The van der Waals surface area contributed by atoms with Crippen LogP contribution in [0.2, 0.25) is 0 Å². The summed E-state index contributed by atoms with van der Waals surface area (Å²) in [5.74, 6) is -0.597. The van der Waals surface area contributed by atoms with Crippen LogP contribution < -0.4 is 15.0 Å². The standard InChI is InChI=1S/C15H20N2O4/c1-3-6-16-15(20)13-8-17(9-14(18)19)11-7-10(2)4-5-12(11)21-13/h4-5,7,13H,3,6,8-9H2,1-2H3,(H,16,20)(H,18,19). The lowest BCUT2D eigenvalue weighted by Gasteiger charge is -2.34. The Balaban J connectivity index is 2.22. The van der Waals surface area contributed by atoms with Crippen LogP contribution in [0.4, 0.5) is 5.69 Å². The van der Waals surface area contributed by atoms with Gasteiger partial charge in [0.1, 0.15) is 12.3 Å². The number of rotatable bonds is 5. The molecule has 1 aromatic carbocycles. The van der Waals surface area contributed by atoms with E-state index in [9.17, 15) is 9.59 Å². The second-order valence-corrected chi connectivity index (χ2v) is 5.14. The van der Waals surface area contributed by atoms with Crippen molar-refractivity contribution < 1.29 is 19.4 Å². The number of aryl methyl sites for hydroxylation is 1. The van der Waals surface area contributed by atoms with Gasteiger partial charge in [0, 0.05) is 6.54 Å². The van der Waals surface area contributed by atoms with Gasteiger partial charge in [-0.25, -0.2) is 0 Å². The van der Waals surface area contributed by atoms with Crippen LogP contribution >= 0.6 is 0 Å². The minimum atomic E-state index is -0.933. The van der Waals surface area contributed by atoms with Crippen LogP contribution in [0.3, 0.4) is 0 Å². The third-order valence-corrected chi connectivity index (χ3v) is 3.28. The third kappa shape index (κ3) is 3.65. The molecule has 0 bridgehead atoms. The van der Waals surface area contributed by atoms with E-state index in [0.29, 0.717) is 12.3 Å². The zero-order valence-electron chi connectivity index (χ0n) is 12.3. The predicted molar refractivity (Wildman–Crippen MR) is 78.7 cm³/mol. The molecule has 1 heterocycles. The van der Waals surface area contributed by atoms with Crippen LogP contribution in [0, 0.1) is 6.92 Å². The summed E-state index contributed by atoms with van der Waals surface area (Å²) in [4.78, 5) is 24.8. The Morgan fingerprint density at radius 1 is 1.48 bits per heavy atom. The van der Waals surface area contributed by atoms with Gasteiger partial charge in [-0.1, -0.05) is 13.0 Å². The number of benzene rings is 1. The van der Waals surface area contributed by atoms with Gasteiger partial charge < -0.3 is 20.1 Å². The van der Waals surface area contributed by atoms with Crippen molar-refractivity contribution in [3.05, 3.63) is 23.8 Å². The molecule has 1 aliphatic heterocycles. The lowest BCUT2D eigenvalue weighted by Crippen LogP contribution is -2.50. The smallest absolute Gasteiger partial charge is 0.323 e. The minimum absolute atomic E-state index is 0.155. The number of carbonyl (C=O) groups is 2. The van der Waals surface area contributed by atoms with Gasteiger partial charge in [-0.15, -0.1) is 0 Å². The zero-order chi connectivity index (χ0) is 15.4. The molecule has 0 saturated heterocycles. The van der Waals surface area contributed by atoms with Crippen molar-refractivity contribution in [3.63, 3.8) is 0 Å². The molecule has 0 aliphatic carbocycles. The molecule has 2 N–H and O–H groups in total. The Morgan fingerprint density at radius 2 is 2.24 bits per heavy atom. The number of nitrogens with zero attached hydrogens (tertiary/aromatic N) is 1. The van der Waals surface area contributed by atoms with Gasteiger partial charge in [-0.2, -0.15) is 0 Å². The molecule has 21 heavy (non-hydrogen) atoms. The number of hydrogen-bond acceptors (Lipinski definition) is 4. The second kappa shape index (κ2) is 6.47. The quantitative estimate of drug-likeness (QED) is 0.852. The SMILES string of the molecule is CCCNC(=O)C1CN(CC(=O)O)c2cc(C)ccc2O1. The minimum Gasteiger partial charge on any atom is -0.480 e. The summed E-state index contributed by atoms with van der Waals surface area (Å²) in [5, 5.41) is 11.8. The van der Waals surface area contributed by atoms with Crippen molar-refractivity contribution in [2.75, 3.05) is 24.5 Å². The van der Waals surface area contributed by atoms with Gasteiger partial charge >= 0.3 is 5.97 Å². The van der Waals surface area contributed by atoms with Crippen molar-refractivity contribution >= 4 is 17.6 Å². The fourth-order valence-corrected chi connectivity index (χ4v) is 2.27. The molecule has 6 nitrogen and oxygen atoms in total. The lowest BCUT2D eigenvalue weighted by molar-refractivity contribution is -0.136. The van der Waals surface area contributed by atoms with E-state index in [1.165, 1.54) is 0 Å². The molecule has 1 aromatic rings. The predicted octanol–water partition coefficient (Wildman–Crippen LogP) is 1.17. The van der Waals surface area contributed by atoms with Crippen molar-refractivity contribution in [2.24, 2.45) is 0 Å². The first-order valence-corrected chi connectivity index (χ1v) is 7.03. The van der Waals surface area contributed by atoms with Gasteiger partial charge in [0.05, 0.1) is 12.2 Å². The molecule has 1 aliphatic rings. The summed E-state index contributed by atoms with van der Waals surface area (Å²) in [6.45, 7) is 4.56. The first kappa shape index (κ1) is 15.2. The lowest BCUT2D eigenvalue weighted by atomic mass is 10.1. The van der Waals surface area contributed by atoms with Crippen molar-refractivity contribution in [1.82, 2.24) is 5.32 Å². The van der Waals surface area contributed by atoms with Crippen LogP contribution in [-0.4, -0.2) is 42.7 Å². The Bertz CT molecular complexity index is 544. The van der Waals surface area contributed by atoms with E-state index >= 15 is 0 Å². The fraction of sp³-hybridized carbons (Fsp3) is 0.467. The molecule has 0 fully saturated rings. The molecule has 0 spiro atoms. The summed E-state index contributed by atoms with van der Waals surface area (Å²) < 4.78 is 5.71. The van der Waals surface area contributed by atoms with Crippen LogP contribution in [-0.2, 0) is 9.59 Å². The molecular formula is C15H20N2O4. The summed E-state index contributed by atoms with van der Waals surface area (Å²) in [6, 6.07) is 5.53. The fourth-order valence-electron chi connectivity index (χ4n) is 2.27. The number of ether oxygens (including phenoxy) is 1. The summed E-state index contributed by atoms with van der Waals surface area (Å²) in [6.07, 6.45) is 0.152. The summed E-state index contributed by atoms with van der Waals surface area (Å²) >= 11 is 0. The number of carbonyl (C=O) groups excluding carboxylic acids is 1. The summed E-state index contributed by atoms with van der Waals surface area (Å²) in [5.41, 5.74) is 1.73. The van der Waals surface area contributed by atoms with Crippen LogP contribution in [0.25, 0.3) is 0 Å². The van der Waals surface area contributed by atoms with Gasteiger partial charge in [0.15, 0.2) is 6.10 Å². The molecule has 0 saturated carbocycles. The maximum Gasteiger partial charge on any atom is 0.323 e. The van der Waals surface area contributed by atoms with E-state index in [2.05, 4.69) is 5.32 Å². The molecule has 1 unspecified atom stereocenters. The Morgan fingerprint density at radius 3 is 2.90 bits per heavy atom. The topological polar surface area (TPSA) is 78.9 Å². The first-order valence-electron chi connectivity index (χ1n) is 7.03. The van der Waals surface area contributed by atoms with Crippen LogP contribution in [0.15, 0.2) is 18.2 Å². The number of aliphatic carboxylic acids is 1. The van der Waals surface area contributed by atoms with E-state index in [1.807, 2.05) is 26.0 Å². The highest BCUT2D eigenvalue weighted by Crippen LogP contribution is 2.34. The number of fused-ring (bicyclic) bond motifs is 1. The van der Waals surface area contributed by atoms with Gasteiger partial charge in [0.25, 0.3) is 5.91 Å². The second-order valence-electron chi connectivity index (χ2n) is 5.14. The van der Waals surface area contributed by atoms with E-state index < -0.39 is 12.1 Å². The Hall–Kier alpha value is -2.24. The van der Waals surface area contributed by atoms with E-state index in [0.717, 1.165) is 17.7 Å². The highest BCUT2D eigenvalue weighted by atomic mass is 16.5. The Labute approximate surface area is 123 Å². The zero-order valence-corrected chi connectivity index (χ0v) is 12.3. The highest BCUT2D eigenvalue weighted by Gasteiger charge is 2.31. The average Bonchev–Trinajstić information content (AvgIpc) is 2.44. The van der Waals surface area contributed by atoms with Crippen molar-refractivity contribution in [1.29, 1.82) is 0 Å². The number of anilines is 1. The molecule has 0 radical (unpaired) electrons. The third-order valence-electron chi connectivity index (χ3n) is 3.28. The van der Waals surface area contributed by atoms with E-state index in [-0.39, 0.29) is 19.0 Å². The van der Waals surface area contributed by atoms with Crippen molar-refractivity contribution in [3.8, 4) is 5.75 Å².